The molecule has 0 saturated heterocycles. The predicted octanol–water partition coefficient (Wildman–Crippen LogP) is 5.59. The maximum Gasteiger partial charge on any atom is 0.0857 e. The molecule has 0 aromatic carbocycles. The molecular formula is C18H38O4. The second-order valence-corrected chi connectivity index (χ2v) is 7.41. The second kappa shape index (κ2) is 11.4. The Kier molecular flexibility index (Phi) is 11.3. The monoisotopic (exact) mass is 318 g/mol. The van der Waals surface area contributed by atoms with Crippen molar-refractivity contribution in [2.24, 2.45) is 41.4 Å². The van der Waals surface area contributed by atoms with Gasteiger partial charge in [-0.15, -0.1) is 0 Å². The molecule has 0 radical (unpaired) electrons. The van der Waals surface area contributed by atoms with Gasteiger partial charge in [-0.05, 0) is 57.9 Å². The fourth-order valence-corrected chi connectivity index (χ4v) is 3.40. The Labute approximate surface area is 137 Å². The summed E-state index contributed by atoms with van der Waals surface area (Å²) in [5, 5.41) is 15.5. The van der Waals surface area contributed by atoms with Crippen LogP contribution in [0.5, 0.6) is 0 Å². The Morgan fingerprint density at radius 2 is 1.18 bits per heavy atom. The normalized spacial score (nSPS) is 21.7. The number of rotatable bonds is 12. The SMILES string of the molecule is CCC(C)C(C)C(C)C(C)C(C)C(C)C(C)CCOOOO. The molecule has 7 unspecified atom stereocenters. The highest BCUT2D eigenvalue weighted by molar-refractivity contribution is 4.79. The van der Waals surface area contributed by atoms with Crippen molar-refractivity contribution in [3.8, 4) is 0 Å². The lowest BCUT2D eigenvalue weighted by Crippen LogP contribution is -2.31. The van der Waals surface area contributed by atoms with Gasteiger partial charge in [0.2, 0.25) is 0 Å². The van der Waals surface area contributed by atoms with Crippen molar-refractivity contribution in [2.45, 2.75) is 68.2 Å². The van der Waals surface area contributed by atoms with E-state index in [0.717, 1.165) is 24.2 Å². The van der Waals surface area contributed by atoms with Gasteiger partial charge in [0.25, 0.3) is 0 Å². The Hall–Kier alpha value is -0.160. The maximum atomic E-state index is 8.03. The van der Waals surface area contributed by atoms with E-state index in [2.05, 4.69) is 65.5 Å². The lowest BCUT2D eigenvalue weighted by molar-refractivity contribution is -0.623. The van der Waals surface area contributed by atoms with E-state index in [0.29, 0.717) is 30.3 Å². The van der Waals surface area contributed by atoms with Crippen molar-refractivity contribution in [2.75, 3.05) is 6.61 Å². The van der Waals surface area contributed by atoms with Gasteiger partial charge in [-0.25, -0.2) is 10.1 Å². The summed E-state index contributed by atoms with van der Waals surface area (Å²) in [6, 6.07) is 0. The van der Waals surface area contributed by atoms with Gasteiger partial charge in [-0.3, -0.25) is 0 Å². The molecule has 0 saturated carbocycles. The van der Waals surface area contributed by atoms with Gasteiger partial charge >= 0.3 is 0 Å². The van der Waals surface area contributed by atoms with Crippen LogP contribution in [0.3, 0.4) is 0 Å². The summed E-state index contributed by atoms with van der Waals surface area (Å²) in [6.45, 7) is 19.2. The quantitative estimate of drug-likeness (QED) is 0.289. The lowest BCUT2D eigenvalue weighted by Gasteiger charge is -2.37. The van der Waals surface area contributed by atoms with Crippen LogP contribution >= 0.6 is 0 Å². The van der Waals surface area contributed by atoms with Crippen molar-refractivity contribution in [3.63, 3.8) is 0 Å². The molecule has 0 spiro atoms. The van der Waals surface area contributed by atoms with E-state index in [1.807, 2.05) is 0 Å². The zero-order chi connectivity index (χ0) is 17.3. The standard InChI is InChI=1S/C18H38O4/c1-9-12(2)14(4)16(6)18(8)17(7)15(5)13(3)10-11-20-22-21-19/h12-19H,9-11H2,1-8H3. The van der Waals surface area contributed by atoms with E-state index >= 15 is 0 Å². The van der Waals surface area contributed by atoms with Gasteiger partial charge in [-0.1, -0.05) is 61.8 Å². The second-order valence-electron chi connectivity index (χ2n) is 7.41. The molecule has 0 heterocycles. The minimum atomic E-state index is 0.423. The van der Waals surface area contributed by atoms with Gasteiger partial charge < -0.3 is 0 Å². The topological polar surface area (TPSA) is 47.9 Å². The van der Waals surface area contributed by atoms with Gasteiger partial charge in [-0.2, -0.15) is 0 Å². The van der Waals surface area contributed by atoms with Crippen LogP contribution in [0.4, 0.5) is 0 Å². The molecule has 0 rings (SSSR count). The summed E-state index contributed by atoms with van der Waals surface area (Å²) in [7, 11) is 0. The van der Waals surface area contributed by atoms with Gasteiger partial charge in [0.1, 0.15) is 0 Å². The lowest BCUT2D eigenvalue weighted by atomic mass is 9.68. The highest BCUT2D eigenvalue weighted by Gasteiger charge is 2.30. The van der Waals surface area contributed by atoms with Crippen molar-refractivity contribution < 1.29 is 20.2 Å². The summed E-state index contributed by atoms with van der Waals surface area (Å²) < 4.78 is 0. The molecule has 7 atom stereocenters. The number of hydrogen-bond acceptors (Lipinski definition) is 4. The van der Waals surface area contributed by atoms with Crippen molar-refractivity contribution >= 4 is 0 Å². The molecule has 0 amide bonds. The fourth-order valence-electron chi connectivity index (χ4n) is 3.40. The van der Waals surface area contributed by atoms with E-state index in [4.69, 9.17) is 10.1 Å². The Morgan fingerprint density at radius 1 is 0.727 bits per heavy atom. The van der Waals surface area contributed by atoms with E-state index in [9.17, 15) is 0 Å². The van der Waals surface area contributed by atoms with Gasteiger partial charge in [0, 0.05) is 0 Å². The summed E-state index contributed by atoms with van der Waals surface area (Å²) >= 11 is 0. The van der Waals surface area contributed by atoms with Crippen LogP contribution < -0.4 is 0 Å². The molecule has 4 heteroatoms. The summed E-state index contributed by atoms with van der Waals surface area (Å²) in [5.74, 6) is 4.75. The highest BCUT2D eigenvalue weighted by atomic mass is 17.6. The van der Waals surface area contributed by atoms with E-state index in [-0.39, 0.29) is 0 Å². The summed E-state index contributed by atoms with van der Waals surface area (Å²) in [4.78, 5) is 4.70. The molecule has 4 nitrogen and oxygen atoms in total. The molecule has 0 aromatic rings. The smallest absolute Gasteiger partial charge is 0.0857 e. The molecular weight excluding hydrogens is 280 g/mol. The van der Waals surface area contributed by atoms with Crippen molar-refractivity contribution in [1.82, 2.24) is 0 Å². The first-order valence-corrected chi connectivity index (χ1v) is 8.87. The van der Waals surface area contributed by atoms with E-state index in [1.165, 1.54) is 6.42 Å². The average Bonchev–Trinajstić information content (AvgIpc) is 2.54. The summed E-state index contributed by atoms with van der Waals surface area (Å²) in [5.41, 5.74) is 0. The molecule has 0 bridgehead atoms. The zero-order valence-electron chi connectivity index (χ0n) is 15.8. The van der Waals surface area contributed by atoms with Gasteiger partial charge in [0.05, 0.1) is 6.61 Å². The average molecular weight is 318 g/mol. The Bertz CT molecular complexity index is 272. The molecule has 22 heavy (non-hydrogen) atoms. The third kappa shape index (κ3) is 6.95. The van der Waals surface area contributed by atoms with Crippen LogP contribution in [0.25, 0.3) is 0 Å². The summed E-state index contributed by atoms with van der Waals surface area (Å²) in [6.07, 6.45) is 2.14. The molecule has 0 aliphatic carbocycles. The third-order valence-corrected chi connectivity index (χ3v) is 6.49. The molecule has 0 aliphatic rings. The largest absolute Gasteiger partial charge is 0.219 e. The first-order valence-electron chi connectivity index (χ1n) is 8.87. The van der Waals surface area contributed by atoms with Crippen LogP contribution in [0.15, 0.2) is 0 Å². The molecule has 0 aliphatic heterocycles. The van der Waals surface area contributed by atoms with Crippen molar-refractivity contribution in [3.05, 3.63) is 0 Å². The predicted molar refractivity (Wildman–Crippen MR) is 89.8 cm³/mol. The molecule has 134 valence electrons. The molecule has 0 fully saturated rings. The van der Waals surface area contributed by atoms with E-state index in [1.54, 1.807) is 0 Å². The highest BCUT2D eigenvalue weighted by Crippen LogP contribution is 2.37. The Morgan fingerprint density at radius 3 is 1.64 bits per heavy atom. The third-order valence-electron chi connectivity index (χ3n) is 6.49. The van der Waals surface area contributed by atoms with Crippen molar-refractivity contribution in [1.29, 1.82) is 0 Å². The van der Waals surface area contributed by atoms with Crippen LogP contribution in [0, 0.1) is 41.4 Å². The maximum absolute atomic E-state index is 8.03. The van der Waals surface area contributed by atoms with Crippen LogP contribution in [-0.2, 0) is 15.0 Å². The van der Waals surface area contributed by atoms with Crippen LogP contribution in [0.1, 0.15) is 68.2 Å². The van der Waals surface area contributed by atoms with Crippen LogP contribution in [-0.4, -0.2) is 11.9 Å². The van der Waals surface area contributed by atoms with Gasteiger partial charge in [0.15, 0.2) is 0 Å². The first kappa shape index (κ1) is 21.8. The fraction of sp³-hybridized carbons (Fsp3) is 1.00. The molecule has 0 aromatic heterocycles. The minimum absolute atomic E-state index is 0.423. The zero-order valence-corrected chi connectivity index (χ0v) is 15.8. The first-order chi connectivity index (χ1) is 10.3. The number of hydrogen-bond donors (Lipinski definition) is 1. The molecule has 1 N–H and O–H groups in total. The minimum Gasteiger partial charge on any atom is -0.219 e. The Balaban J connectivity index is 4.43. The van der Waals surface area contributed by atoms with Crippen LogP contribution in [0.2, 0.25) is 0 Å². The van der Waals surface area contributed by atoms with E-state index < -0.39 is 0 Å².